The number of carbonyl (C=O) groups excluding carboxylic acids is 1. The minimum Gasteiger partial charge on any atom is -0.484 e. The molecule has 4 nitrogen and oxygen atoms in total. The van der Waals surface area contributed by atoms with Crippen molar-refractivity contribution in [3.63, 3.8) is 0 Å². The molecule has 2 aliphatic rings. The number of benzene rings is 3. The fraction of sp³-hybridized carbons (Fsp3) is 0.214. The third-order valence-corrected chi connectivity index (χ3v) is 6.61. The summed E-state index contributed by atoms with van der Waals surface area (Å²) in [7, 11) is 0. The number of hydrogen-bond acceptors (Lipinski definition) is 3. The Labute approximate surface area is 207 Å². The van der Waals surface area contributed by atoms with Crippen LogP contribution >= 0.6 is 11.6 Å². The first-order valence-corrected chi connectivity index (χ1v) is 11.9. The maximum Gasteiger partial charge on any atom is 0.281 e. The first-order chi connectivity index (χ1) is 17.0. The highest BCUT2D eigenvalue weighted by Gasteiger charge is 2.43. The van der Waals surface area contributed by atoms with Gasteiger partial charge in [0.25, 0.3) is 5.91 Å². The molecule has 1 heterocycles. The van der Waals surface area contributed by atoms with E-state index in [1.165, 1.54) is 29.3 Å². The number of nitrogens with zero attached hydrogens (tertiary/aromatic N) is 2. The Morgan fingerprint density at radius 3 is 2.34 bits per heavy atom. The van der Waals surface area contributed by atoms with Crippen LogP contribution in [-0.4, -0.2) is 23.2 Å². The van der Waals surface area contributed by atoms with Gasteiger partial charge in [0, 0.05) is 10.9 Å². The van der Waals surface area contributed by atoms with Crippen molar-refractivity contribution >= 4 is 29.3 Å². The number of hydrazone groups is 1. The average Bonchev–Trinajstić information content (AvgIpc) is 3.26. The molecule has 1 saturated carbocycles. The van der Waals surface area contributed by atoms with Crippen LogP contribution in [0, 0.1) is 17.6 Å². The van der Waals surface area contributed by atoms with Gasteiger partial charge in [-0.15, -0.1) is 0 Å². The van der Waals surface area contributed by atoms with Crippen LogP contribution in [0.25, 0.3) is 6.08 Å². The molecule has 0 bridgehead atoms. The zero-order chi connectivity index (χ0) is 24.4. The van der Waals surface area contributed by atoms with E-state index in [4.69, 9.17) is 21.4 Å². The van der Waals surface area contributed by atoms with Gasteiger partial charge >= 0.3 is 0 Å². The van der Waals surface area contributed by atoms with Crippen LogP contribution in [0.5, 0.6) is 5.75 Å². The van der Waals surface area contributed by atoms with Crippen LogP contribution in [-0.2, 0) is 4.79 Å². The monoisotopic (exact) mass is 492 g/mol. The van der Waals surface area contributed by atoms with Gasteiger partial charge < -0.3 is 4.74 Å². The summed E-state index contributed by atoms with van der Waals surface area (Å²) >= 11 is 5.93. The summed E-state index contributed by atoms with van der Waals surface area (Å²) in [6, 6.07) is 18.9. The number of carbonyl (C=O) groups is 1. The Bertz CT molecular complexity index is 1270. The highest BCUT2D eigenvalue weighted by molar-refractivity contribution is 6.30. The number of hydrogen-bond donors (Lipinski definition) is 0. The summed E-state index contributed by atoms with van der Waals surface area (Å²) in [5.41, 5.74) is 3.56. The minimum absolute atomic E-state index is 0.0274. The van der Waals surface area contributed by atoms with Crippen LogP contribution < -0.4 is 4.74 Å². The summed E-state index contributed by atoms with van der Waals surface area (Å²) in [6.45, 7) is -0.195. The Morgan fingerprint density at radius 1 is 1.00 bits per heavy atom. The standard InChI is InChI=1S/C28H23ClF2N2O2/c29-21-8-14-24(15-9-21)35-17-26(34)33-28(19-6-12-23(31)13-7-19)25-3-1-2-20(27(25)32-33)16-18-4-10-22(30)11-5-18/h4-16,25,28H,1-3,17H2/b20-16+. The number of fused-ring (bicyclic) bond motifs is 1. The molecule has 2 atom stereocenters. The molecule has 2 unspecified atom stereocenters. The second-order valence-electron chi connectivity index (χ2n) is 8.68. The zero-order valence-corrected chi connectivity index (χ0v) is 19.6. The molecule has 0 radical (unpaired) electrons. The molecular formula is C28H23ClF2N2O2. The lowest BCUT2D eigenvalue weighted by atomic mass is 9.77. The highest BCUT2D eigenvalue weighted by Crippen LogP contribution is 2.44. The highest BCUT2D eigenvalue weighted by atomic mass is 35.5. The number of rotatable bonds is 5. The molecule has 1 aliphatic heterocycles. The molecule has 1 fully saturated rings. The molecule has 1 amide bonds. The van der Waals surface area contributed by atoms with Crippen molar-refractivity contribution in [3.05, 3.63) is 106 Å². The fourth-order valence-electron chi connectivity index (χ4n) is 4.70. The molecule has 0 spiro atoms. The molecule has 0 saturated heterocycles. The fourth-order valence-corrected chi connectivity index (χ4v) is 4.83. The lowest BCUT2D eigenvalue weighted by Gasteiger charge is -2.29. The average molecular weight is 493 g/mol. The van der Waals surface area contributed by atoms with Crippen molar-refractivity contribution in [2.75, 3.05) is 6.61 Å². The maximum atomic E-state index is 13.7. The molecule has 3 aromatic carbocycles. The quantitative estimate of drug-likeness (QED) is 0.392. The minimum atomic E-state index is -0.358. The summed E-state index contributed by atoms with van der Waals surface area (Å²) in [6.07, 6.45) is 4.59. The van der Waals surface area contributed by atoms with Gasteiger partial charge in [-0.25, -0.2) is 13.8 Å². The van der Waals surface area contributed by atoms with Gasteiger partial charge in [0.15, 0.2) is 6.61 Å². The number of ether oxygens (including phenoxy) is 1. The van der Waals surface area contributed by atoms with E-state index >= 15 is 0 Å². The van der Waals surface area contributed by atoms with E-state index in [0.29, 0.717) is 10.8 Å². The molecule has 0 aromatic heterocycles. The van der Waals surface area contributed by atoms with Gasteiger partial charge in [-0.3, -0.25) is 4.79 Å². The van der Waals surface area contributed by atoms with E-state index in [1.807, 2.05) is 6.08 Å². The lowest BCUT2D eigenvalue weighted by Crippen LogP contribution is -2.34. The number of amides is 1. The van der Waals surface area contributed by atoms with Crippen LogP contribution in [0.4, 0.5) is 8.78 Å². The molecule has 7 heteroatoms. The summed E-state index contributed by atoms with van der Waals surface area (Å²) in [5, 5.41) is 6.83. The van der Waals surface area contributed by atoms with Crippen molar-refractivity contribution in [1.29, 1.82) is 0 Å². The molecule has 1 aliphatic carbocycles. The van der Waals surface area contributed by atoms with Crippen LogP contribution in [0.2, 0.25) is 5.02 Å². The summed E-state index contributed by atoms with van der Waals surface area (Å²) in [5.74, 6) is -0.418. The lowest BCUT2D eigenvalue weighted by molar-refractivity contribution is -0.135. The molecular weight excluding hydrogens is 470 g/mol. The number of allylic oxidation sites excluding steroid dienone is 1. The second kappa shape index (κ2) is 10.0. The SMILES string of the molecule is O=C(COc1ccc(Cl)cc1)N1N=C2/C(=C/c3ccc(F)cc3)CCCC2C1c1ccc(F)cc1. The molecule has 3 aromatic rings. The predicted molar refractivity (Wildman–Crippen MR) is 132 cm³/mol. The van der Waals surface area contributed by atoms with Crippen molar-refractivity contribution in [2.24, 2.45) is 11.0 Å². The van der Waals surface area contributed by atoms with Crippen molar-refractivity contribution in [1.82, 2.24) is 5.01 Å². The number of halogens is 3. The molecule has 178 valence electrons. The first-order valence-electron chi connectivity index (χ1n) is 11.5. The topological polar surface area (TPSA) is 41.9 Å². The Hall–Kier alpha value is -3.51. The van der Waals surface area contributed by atoms with Gasteiger partial charge in [0.2, 0.25) is 0 Å². The van der Waals surface area contributed by atoms with Crippen molar-refractivity contribution < 1.29 is 18.3 Å². The van der Waals surface area contributed by atoms with Crippen molar-refractivity contribution in [2.45, 2.75) is 25.3 Å². The Kier molecular flexibility index (Phi) is 6.64. The normalized spacial score (nSPS) is 20.5. The van der Waals surface area contributed by atoms with Gasteiger partial charge in [-0.2, -0.15) is 5.10 Å². The summed E-state index contributed by atoms with van der Waals surface area (Å²) in [4.78, 5) is 13.3. The van der Waals surface area contributed by atoms with E-state index in [-0.39, 0.29) is 36.1 Å². The zero-order valence-electron chi connectivity index (χ0n) is 18.8. The third kappa shape index (κ3) is 5.13. The van der Waals surface area contributed by atoms with Crippen molar-refractivity contribution in [3.8, 4) is 5.75 Å². The van der Waals surface area contributed by atoms with E-state index in [9.17, 15) is 13.6 Å². The van der Waals surface area contributed by atoms with E-state index in [2.05, 4.69) is 0 Å². The van der Waals surface area contributed by atoms with E-state index in [1.54, 1.807) is 48.5 Å². The predicted octanol–water partition coefficient (Wildman–Crippen LogP) is 6.82. The van der Waals surface area contributed by atoms with Crippen LogP contribution in [0.3, 0.4) is 0 Å². The largest absolute Gasteiger partial charge is 0.484 e. The molecule has 5 rings (SSSR count). The van der Waals surface area contributed by atoms with Gasteiger partial charge in [-0.05, 0) is 90.6 Å². The third-order valence-electron chi connectivity index (χ3n) is 6.36. The van der Waals surface area contributed by atoms with Crippen LogP contribution in [0.1, 0.15) is 36.4 Å². The smallest absolute Gasteiger partial charge is 0.281 e. The summed E-state index contributed by atoms with van der Waals surface area (Å²) < 4.78 is 32.7. The van der Waals surface area contributed by atoms with E-state index < -0.39 is 0 Å². The molecule has 0 N–H and O–H groups in total. The Morgan fingerprint density at radius 2 is 1.66 bits per heavy atom. The van der Waals surface area contributed by atoms with Crippen LogP contribution in [0.15, 0.2) is 83.5 Å². The second-order valence-corrected chi connectivity index (χ2v) is 9.12. The van der Waals surface area contributed by atoms with Gasteiger partial charge in [0.05, 0.1) is 11.8 Å². The van der Waals surface area contributed by atoms with Gasteiger partial charge in [-0.1, -0.05) is 35.9 Å². The van der Waals surface area contributed by atoms with E-state index in [0.717, 1.165) is 41.7 Å². The van der Waals surface area contributed by atoms with Gasteiger partial charge in [0.1, 0.15) is 17.4 Å². The first kappa shape index (κ1) is 23.2. The Balaban J connectivity index is 1.46. The molecule has 35 heavy (non-hydrogen) atoms. The maximum absolute atomic E-state index is 13.7.